The molecule has 0 aliphatic rings. The van der Waals surface area contributed by atoms with Crippen LogP contribution in [0.1, 0.15) is 5.56 Å². The van der Waals surface area contributed by atoms with Gasteiger partial charge in [0, 0.05) is 28.5 Å². The summed E-state index contributed by atoms with van der Waals surface area (Å²) in [7, 11) is 0. The number of benzene rings is 2. The molecule has 0 atom stereocenters. The summed E-state index contributed by atoms with van der Waals surface area (Å²) in [5.74, 6) is 0.579. The number of nitrogens with two attached hydrogens (primary N) is 1. The molecule has 0 unspecified atom stereocenters. The van der Waals surface area contributed by atoms with Crippen molar-refractivity contribution in [2.24, 2.45) is 0 Å². The van der Waals surface area contributed by atoms with Crippen LogP contribution in [0.25, 0.3) is 0 Å². The minimum Gasteiger partial charge on any atom is -0.398 e. The summed E-state index contributed by atoms with van der Waals surface area (Å²) in [6.45, 7) is 0. The first kappa shape index (κ1) is 13.7. The summed E-state index contributed by atoms with van der Waals surface area (Å²) >= 11 is 7.54. The molecule has 0 aliphatic carbocycles. The van der Waals surface area contributed by atoms with E-state index < -0.39 is 4.92 Å². The minimum absolute atomic E-state index is 0.0882. The Balaban J connectivity index is 2.15. The Morgan fingerprint density at radius 2 is 2.00 bits per heavy atom. The van der Waals surface area contributed by atoms with Gasteiger partial charge in [-0.3, -0.25) is 10.1 Å². The minimum atomic E-state index is -0.405. The molecule has 2 aromatic carbocycles. The van der Waals surface area contributed by atoms with Crippen molar-refractivity contribution in [2.45, 2.75) is 10.6 Å². The lowest BCUT2D eigenvalue weighted by atomic mass is 10.2. The Morgan fingerprint density at radius 1 is 1.26 bits per heavy atom. The lowest BCUT2D eigenvalue weighted by Gasteiger charge is -2.07. The van der Waals surface area contributed by atoms with E-state index in [0.29, 0.717) is 16.5 Å². The number of nitrogen functional groups attached to an aromatic ring is 1. The van der Waals surface area contributed by atoms with Crippen LogP contribution in [0, 0.1) is 10.1 Å². The van der Waals surface area contributed by atoms with Gasteiger partial charge in [0.1, 0.15) is 0 Å². The lowest BCUT2D eigenvalue weighted by Crippen LogP contribution is -1.91. The van der Waals surface area contributed by atoms with Gasteiger partial charge in [0.05, 0.1) is 9.95 Å². The van der Waals surface area contributed by atoms with Crippen LogP contribution in [0.2, 0.25) is 5.02 Å². The van der Waals surface area contributed by atoms with E-state index in [4.69, 9.17) is 17.3 Å². The molecule has 98 valence electrons. The summed E-state index contributed by atoms with van der Waals surface area (Å²) in [4.78, 5) is 11.1. The van der Waals surface area contributed by atoms with Crippen LogP contribution in [-0.2, 0) is 5.75 Å². The third-order valence-electron chi connectivity index (χ3n) is 2.50. The van der Waals surface area contributed by atoms with Gasteiger partial charge in [-0.15, -0.1) is 11.8 Å². The third kappa shape index (κ3) is 3.39. The lowest BCUT2D eigenvalue weighted by molar-refractivity contribution is -0.384. The van der Waals surface area contributed by atoms with Crippen molar-refractivity contribution in [3.05, 3.63) is 63.2 Å². The maximum absolute atomic E-state index is 10.7. The van der Waals surface area contributed by atoms with Gasteiger partial charge in [-0.2, -0.15) is 0 Å². The zero-order valence-electron chi connectivity index (χ0n) is 9.88. The number of rotatable bonds is 4. The number of hydrogen-bond acceptors (Lipinski definition) is 4. The van der Waals surface area contributed by atoms with E-state index in [1.807, 2.05) is 6.07 Å². The molecule has 0 amide bonds. The van der Waals surface area contributed by atoms with Crippen LogP contribution in [-0.4, -0.2) is 4.92 Å². The second-order valence-electron chi connectivity index (χ2n) is 3.87. The van der Waals surface area contributed by atoms with E-state index in [-0.39, 0.29) is 5.69 Å². The molecule has 0 fully saturated rings. The van der Waals surface area contributed by atoms with Crippen molar-refractivity contribution in [3.63, 3.8) is 0 Å². The van der Waals surface area contributed by atoms with E-state index in [2.05, 4.69) is 0 Å². The Bertz CT molecular complexity index is 599. The topological polar surface area (TPSA) is 69.2 Å². The summed E-state index contributed by atoms with van der Waals surface area (Å²) in [5.41, 5.74) is 7.41. The molecule has 0 radical (unpaired) electrons. The van der Waals surface area contributed by atoms with Crippen LogP contribution in [0.4, 0.5) is 11.4 Å². The first-order chi connectivity index (χ1) is 9.08. The second kappa shape index (κ2) is 5.95. The molecule has 0 heterocycles. The van der Waals surface area contributed by atoms with Gasteiger partial charge >= 0.3 is 0 Å². The molecule has 0 aromatic heterocycles. The predicted molar refractivity (Wildman–Crippen MR) is 78.5 cm³/mol. The van der Waals surface area contributed by atoms with Crippen molar-refractivity contribution in [3.8, 4) is 0 Å². The number of nitro benzene ring substituents is 1. The first-order valence-electron chi connectivity index (χ1n) is 5.48. The maximum Gasteiger partial charge on any atom is 0.269 e. The predicted octanol–water partition coefficient (Wildman–Crippen LogP) is 4.12. The highest BCUT2D eigenvalue weighted by atomic mass is 35.5. The Labute approximate surface area is 119 Å². The fourth-order valence-corrected chi connectivity index (χ4v) is 2.87. The molecular weight excluding hydrogens is 284 g/mol. The van der Waals surface area contributed by atoms with Gasteiger partial charge in [0.2, 0.25) is 0 Å². The number of nitro groups is 1. The molecule has 0 spiro atoms. The largest absolute Gasteiger partial charge is 0.398 e. The van der Waals surface area contributed by atoms with Crippen LogP contribution in [0.15, 0.2) is 47.4 Å². The molecule has 0 saturated carbocycles. The number of anilines is 1. The molecule has 0 bridgehead atoms. The zero-order valence-corrected chi connectivity index (χ0v) is 11.4. The number of non-ortho nitro benzene ring substituents is 1. The molecule has 0 aliphatic heterocycles. The average molecular weight is 295 g/mol. The van der Waals surface area contributed by atoms with Gasteiger partial charge in [-0.1, -0.05) is 29.8 Å². The van der Waals surface area contributed by atoms with Crippen molar-refractivity contribution < 1.29 is 4.92 Å². The molecule has 0 saturated heterocycles. The van der Waals surface area contributed by atoms with Crippen LogP contribution in [0.5, 0.6) is 0 Å². The fourth-order valence-electron chi connectivity index (χ4n) is 1.59. The molecule has 4 nitrogen and oxygen atoms in total. The molecule has 6 heteroatoms. The van der Waals surface area contributed by atoms with Gasteiger partial charge in [-0.25, -0.2) is 0 Å². The normalized spacial score (nSPS) is 10.4. The summed E-state index contributed by atoms with van der Waals surface area (Å²) in [5, 5.41) is 11.3. The highest BCUT2D eigenvalue weighted by Crippen LogP contribution is 2.34. The smallest absolute Gasteiger partial charge is 0.269 e. The van der Waals surface area contributed by atoms with E-state index in [1.54, 1.807) is 30.3 Å². The summed E-state index contributed by atoms with van der Waals surface area (Å²) in [6.07, 6.45) is 0. The van der Waals surface area contributed by atoms with E-state index in [0.717, 1.165) is 10.5 Å². The summed E-state index contributed by atoms with van der Waals surface area (Å²) < 4.78 is 0. The first-order valence-corrected chi connectivity index (χ1v) is 6.84. The van der Waals surface area contributed by atoms with E-state index in [1.165, 1.54) is 17.8 Å². The number of nitrogens with zero attached hydrogens (tertiary/aromatic N) is 1. The average Bonchev–Trinajstić information content (AvgIpc) is 2.38. The van der Waals surface area contributed by atoms with Gasteiger partial charge in [0.25, 0.3) is 5.69 Å². The standard InChI is InChI=1S/C13H11ClN2O2S/c14-11-5-2-6-12(15)13(11)19-8-9-3-1-4-10(7-9)16(17)18/h1-7H,8,15H2. The number of halogens is 1. The highest BCUT2D eigenvalue weighted by molar-refractivity contribution is 7.98. The Hall–Kier alpha value is -1.72. The Morgan fingerprint density at radius 3 is 2.68 bits per heavy atom. The fraction of sp³-hybridized carbons (Fsp3) is 0.0769. The highest BCUT2D eigenvalue weighted by Gasteiger charge is 2.08. The molecule has 2 rings (SSSR count). The Kier molecular flexibility index (Phi) is 4.29. The third-order valence-corrected chi connectivity index (χ3v) is 4.15. The van der Waals surface area contributed by atoms with E-state index >= 15 is 0 Å². The monoisotopic (exact) mass is 294 g/mol. The van der Waals surface area contributed by atoms with Gasteiger partial charge < -0.3 is 5.73 Å². The molecular formula is C13H11ClN2O2S. The molecule has 2 aromatic rings. The van der Waals surface area contributed by atoms with Crippen molar-refractivity contribution >= 4 is 34.7 Å². The second-order valence-corrected chi connectivity index (χ2v) is 5.27. The molecule has 19 heavy (non-hydrogen) atoms. The van der Waals surface area contributed by atoms with Crippen LogP contribution in [0.3, 0.4) is 0 Å². The van der Waals surface area contributed by atoms with Crippen molar-refractivity contribution in [2.75, 3.05) is 5.73 Å². The van der Waals surface area contributed by atoms with E-state index in [9.17, 15) is 10.1 Å². The summed E-state index contributed by atoms with van der Waals surface area (Å²) in [6, 6.07) is 11.9. The molecule has 2 N–H and O–H groups in total. The van der Waals surface area contributed by atoms with Crippen molar-refractivity contribution in [1.82, 2.24) is 0 Å². The maximum atomic E-state index is 10.7. The van der Waals surface area contributed by atoms with Gasteiger partial charge in [-0.05, 0) is 17.7 Å². The number of hydrogen-bond donors (Lipinski definition) is 1. The van der Waals surface area contributed by atoms with Crippen LogP contribution < -0.4 is 5.73 Å². The van der Waals surface area contributed by atoms with Gasteiger partial charge in [0.15, 0.2) is 0 Å². The van der Waals surface area contributed by atoms with Crippen LogP contribution >= 0.6 is 23.4 Å². The SMILES string of the molecule is Nc1cccc(Cl)c1SCc1cccc([N+](=O)[O-])c1. The zero-order chi connectivity index (χ0) is 13.8. The number of thioether (sulfide) groups is 1. The van der Waals surface area contributed by atoms with Crippen molar-refractivity contribution in [1.29, 1.82) is 0 Å². The quantitative estimate of drug-likeness (QED) is 0.398.